The molecular weight excluding hydrogens is 200 g/mol. The van der Waals surface area contributed by atoms with Crippen molar-refractivity contribution in [3.63, 3.8) is 0 Å². The van der Waals surface area contributed by atoms with Crippen molar-refractivity contribution in [2.24, 2.45) is 0 Å². The zero-order chi connectivity index (χ0) is 10.6. The van der Waals surface area contributed by atoms with Gasteiger partial charge < -0.3 is 4.74 Å². The molecule has 1 rings (SSSR count). The molecule has 0 amide bonds. The Hall–Kier alpha value is -1.28. The van der Waals surface area contributed by atoms with Crippen molar-refractivity contribution in [1.29, 1.82) is 0 Å². The Morgan fingerprint density at radius 1 is 1.57 bits per heavy atom. The van der Waals surface area contributed by atoms with Gasteiger partial charge in [0.15, 0.2) is 0 Å². The summed E-state index contributed by atoms with van der Waals surface area (Å²) in [4.78, 5) is 10.8. The van der Waals surface area contributed by atoms with Crippen LogP contribution < -0.4 is 0 Å². The van der Waals surface area contributed by atoms with Gasteiger partial charge in [0.25, 0.3) is 0 Å². The second-order valence-electron chi connectivity index (χ2n) is 2.79. The highest BCUT2D eigenvalue weighted by atomic mass is 35.5. The van der Waals surface area contributed by atoms with Crippen molar-refractivity contribution < 1.29 is 9.53 Å². The average molecular weight is 211 g/mol. The van der Waals surface area contributed by atoms with E-state index in [1.165, 1.54) is 6.92 Å². The van der Waals surface area contributed by atoms with Gasteiger partial charge in [0.05, 0.1) is 0 Å². The Kier molecular flexibility index (Phi) is 3.72. The fourth-order valence-corrected chi connectivity index (χ4v) is 1.37. The molecule has 2 nitrogen and oxygen atoms in total. The highest BCUT2D eigenvalue weighted by Crippen LogP contribution is 2.26. The van der Waals surface area contributed by atoms with Gasteiger partial charge in [-0.05, 0) is 12.1 Å². The maximum Gasteiger partial charge on any atom is 0.303 e. The van der Waals surface area contributed by atoms with Gasteiger partial charge in [0, 0.05) is 17.5 Å². The van der Waals surface area contributed by atoms with Gasteiger partial charge in [-0.2, -0.15) is 0 Å². The standard InChI is InChI=1S/C11H11ClO2/c1-3-11(14-8(2)13)9-6-4-5-7-10(9)12/h3-7,11H,1H2,2H3/t11-/m0/s1. The molecule has 0 aromatic heterocycles. The molecule has 0 unspecified atom stereocenters. The van der Waals surface area contributed by atoms with E-state index >= 15 is 0 Å². The molecule has 1 aromatic carbocycles. The Bertz CT molecular complexity index is 347. The summed E-state index contributed by atoms with van der Waals surface area (Å²) >= 11 is 5.94. The van der Waals surface area contributed by atoms with E-state index < -0.39 is 6.10 Å². The van der Waals surface area contributed by atoms with Crippen LogP contribution in [0, 0.1) is 0 Å². The number of hydrogen-bond donors (Lipinski definition) is 0. The molecule has 14 heavy (non-hydrogen) atoms. The molecule has 3 heteroatoms. The van der Waals surface area contributed by atoms with Crippen molar-refractivity contribution >= 4 is 17.6 Å². The Morgan fingerprint density at radius 2 is 2.21 bits per heavy atom. The maximum atomic E-state index is 10.8. The second kappa shape index (κ2) is 4.82. The van der Waals surface area contributed by atoms with E-state index in [9.17, 15) is 4.79 Å². The van der Waals surface area contributed by atoms with Crippen LogP contribution in [0.3, 0.4) is 0 Å². The van der Waals surface area contributed by atoms with Crippen LogP contribution in [-0.4, -0.2) is 5.97 Å². The third-order valence-electron chi connectivity index (χ3n) is 1.72. The fraction of sp³-hybridized carbons (Fsp3) is 0.182. The molecule has 1 atom stereocenters. The lowest BCUT2D eigenvalue weighted by Crippen LogP contribution is -2.06. The third kappa shape index (κ3) is 2.60. The van der Waals surface area contributed by atoms with Gasteiger partial charge in [-0.3, -0.25) is 4.79 Å². The van der Waals surface area contributed by atoms with E-state index in [-0.39, 0.29) is 5.97 Å². The van der Waals surface area contributed by atoms with Crippen molar-refractivity contribution in [1.82, 2.24) is 0 Å². The first-order valence-corrected chi connectivity index (χ1v) is 4.57. The minimum atomic E-state index is -0.471. The predicted octanol–water partition coefficient (Wildman–Crippen LogP) is 3.13. The number of ether oxygens (including phenoxy) is 1. The lowest BCUT2D eigenvalue weighted by Gasteiger charge is -2.14. The molecule has 74 valence electrons. The molecule has 0 aliphatic carbocycles. The van der Waals surface area contributed by atoms with Crippen molar-refractivity contribution in [2.75, 3.05) is 0 Å². The summed E-state index contributed by atoms with van der Waals surface area (Å²) < 4.78 is 5.02. The van der Waals surface area contributed by atoms with E-state index in [1.54, 1.807) is 18.2 Å². The molecule has 0 fully saturated rings. The Balaban J connectivity index is 2.94. The van der Waals surface area contributed by atoms with Crippen LogP contribution >= 0.6 is 11.6 Å². The first-order valence-electron chi connectivity index (χ1n) is 4.19. The van der Waals surface area contributed by atoms with Crippen LogP contribution in [0.5, 0.6) is 0 Å². The number of halogens is 1. The summed E-state index contributed by atoms with van der Waals surface area (Å²) in [6.07, 6.45) is 1.07. The molecular formula is C11H11ClO2. The normalized spacial score (nSPS) is 11.9. The Labute approximate surface area is 88.1 Å². The first-order chi connectivity index (χ1) is 6.65. The molecule has 0 N–H and O–H groups in total. The van der Waals surface area contributed by atoms with Gasteiger partial charge in [-0.15, -0.1) is 0 Å². The minimum Gasteiger partial charge on any atom is -0.453 e. The molecule has 0 radical (unpaired) electrons. The topological polar surface area (TPSA) is 26.3 Å². The van der Waals surface area contributed by atoms with Gasteiger partial charge in [0.1, 0.15) is 6.10 Å². The van der Waals surface area contributed by atoms with Gasteiger partial charge in [0.2, 0.25) is 0 Å². The first kappa shape index (κ1) is 10.8. The quantitative estimate of drug-likeness (QED) is 0.566. The summed E-state index contributed by atoms with van der Waals surface area (Å²) in [5.41, 5.74) is 0.749. The van der Waals surface area contributed by atoms with Crippen LogP contribution in [0.25, 0.3) is 0 Å². The van der Waals surface area contributed by atoms with Crippen LogP contribution in [-0.2, 0) is 9.53 Å². The van der Waals surface area contributed by atoms with Crippen LogP contribution in [0.1, 0.15) is 18.6 Å². The second-order valence-corrected chi connectivity index (χ2v) is 3.19. The van der Waals surface area contributed by atoms with E-state index in [4.69, 9.17) is 16.3 Å². The fourth-order valence-electron chi connectivity index (χ4n) is 1.12. The number of carbonyl (C=O) groups excluding carboxylic acids is 1. The summed E-state index contributed by atoms with van der Waals surface area (Å²) in [5.74, 6) is -0.352. The summed E-state index contributed by atoms with van der Waals surface area (Å²) in [6.45, 7) is 4.95. The smallest absolute Gasteiger partial charge is 0.303 e. The van der Waals surface area contributed by atoms with E-state index in [0.717, 1.165) is 5.56 Å². The average Bonchev–Trinajstić information content (AvgIpc) is 2.15. The molecule has 0 heterocycles. The Morgan fingerprint density at radius 3 is 2.71 bits per heavy atom. The third-order valence-corrected chi connectivity index (χ3v) is 2.06. The van der Waals surface area contributed by atoms with Crippen LogP contribution in [0.2, 0.25) is 5.02 Å². The molecule has 0 aliphatic rings. The number of rotatable bonds is 3. The number of carbonyl (C=O) groups is 1. The predicted molar refractivity (Wildman–Crippen MR) is 56.2 cm³/mol. The van der Waals surface area contributed by atoms with Crippen molar-refractivity contribution in [3.8, 4) is 0 Å². The van der Waals surface area contributed by atoms with E-state index in [1.807, 2.05) is 12.1 Å². The lowest BCUT2D eigenvalue weighted by atomic mass is 10.1. The van der Waals surface area contributed by atoms with Crippen molar-refractivity contribution in [3.05, 3.63) is 47.5 Å². The molecule has 0 saturated carbocycles. The molecule has 0 spiro atoms. The van der Waals surface area contributed by atoms with Gasteiger partial charge in [-0.1, -0.05) is 36.4 Å². The highest BCUT2D eigenvalue weighted by molar-refractivity contribution is 6.31. The highest BCUT2D eigenvalue weighted by Gasteiger charge is 2.12. The monoisotopic (exact) mass is 210 g/mol. The summed E-state index contributed by atoms with van der Waals surface area (Å²) in [7, 11) is 0. The maximum absolute atomic E-state index is 10.8. The minimum absolute atomic E-state index is 0.352. The van der Waals surface area contributed by atoms with Crippen molar-refractivity contribution in [2.45, 2.75) is 13.0 Å². The number of hydrogen-bond acceptors (Lipinski definition) is 2. The number of benzene rings is 1. The molecule has 1 aromatic rings. The summed E-state index contributed by atoms with van der Waals surface area (Å²) in [6, 6.07) is 7.20. The van der Waals surface area contributed by atoms with Gasteiger partial charge >= 0.3 is 5.97 Å². The zero-order valence-corrected chi connectivity index (χ0v) is 8.62. The van der Waals surface area contributed by atoms with E-state index in [2.05, 4.69) is 6.58 Å². The lowest BCUT2D eigenvalue weighted by molar-refractivity contribution is -0.144. The largest absolute Gasteiger partial charge is 0.453 e. The van der Waals surface area contributed by atoms with E-state index in [0.29, 0.717) is 5.02 Å². The molecule has 0 saturated heterocycles. The number of esters is 1. The molecule has 0 aliphatic heterocycles. The molecule has 0 bridgehead atoms. The summed E-state index contributed by atoms with van der Waals surface area (Å²) in [5, 5.41) is 0.568. The SMILES string of the molecule is C=C[C@H](OC(C)=O)c1ccccc1Cl. The van der Waals surface area contributed by atoms with Gasteiger partial charge in [-0.25, -0.2) is 0 Å². The zero-order valence-electron chi connectivity index (χ0n) is 7.87. The van der Waals surface area contributed by atoms with Crippen LogP contribution in [0.15, 0.2) is 36.9 Å². The van der Waals surface area contributed by atoms with Crippen LogP contribution in [0.4, 0.5) is 0 Å².